The van der Waals surface area contributed by atoms with Crippen molar-refractivity contribution in [1.29, 1.82) is 0 Å². The van der Waals surface area contributed by atoms with E-state index >= 15 is 0 Å². The molecule has 0 fully saturated rings. The summed E-state index contributed by atoms with van der Waals surface area (Å²) < 4.78 is 36.4. The maximum atomic E-state index is 11.8. The van der Waals surface area contributed by atoms with E-state index in [2.05, 4.69) is 22.6 Å². The Balaban J connectivity index is 2.37. The Kier molecular flexibility index (Phi) is 4.57. The number of carbonyl (C=O) groups excluding carboxylic acids is 1. The largest absolute Gasteiger partial charge is 0.389 e. The first-order valence-corrected chi connectivity index (χ1v) is 6.18. The third-order valence-electron chi connectivity index (χ3n) is 1.75. The zero-order valence-corrected chi connectivity index (χ0v) is 10.6. The second-order valence-corrected chi connectivity index (χ2v) is 5.84. The van der Waals surface area contributed by atoms with E-state index in [0.717, 1.165) is 2.88 Å². The third-order valence-corrected chi connectivity index (χ3v) is 3.54. The molecule has 1 aromatic rings. The summed E-state index contributed by atoms with van der Waals surface area (Å²) in [5, 5.41) is 1.68. The van der Waals surface area contributed by atoms with Crippen LogP contribution in [0.3, 0.4) is 0 Å². The second-order valence-electron chi connectivity index (χ2n) is 3.03. The van der Waals surface area contributed by atoms with Gasteiger partial charge >= 0.3 is 6.18 Å². The van der Waals surface area contributed by atoms with E-state index in [0.29, 0.717) is 5.56 Å². The summed E-state index contributed by atoms with van der Waals surface area (Å²) in [7, 11) is 0. The van der Waals surface area contributed by atoms with Crippen molar-refractivity contribution in [2.45, 2.75) is 25.4 Å². The van der Waals surface area contributed by atoms with Gasteiger partial charge in [-0.15, -0.1) is 11.3 Å². The molecule has 0 aliphatic carbocycles. The Morgan fingerprint density at radius 1 is 1.47 bits per heavy atom. The fraction of sp³-hybridized carbons (Fsp3) is 0.444. The van der Waals surface area contributed by atoms with Gasteiger partial charge in [0.15, 0.2) is 5.78 Å². The fourth-order valence-corrected chi connectivity index (χ4v) is 2.40. The van der Waals surface area contributed by atoms with Gasteiger partial charge in [0.2, 0.25) is 0 Å². The van der Waals surface area contributed by atoms with Gasteiger partial charge in [-0.05, 0) is 35.1 Å². The van der Waals surface area contributed by atoms with Crippen LogP contribution >= 0.6 is 33.9 Å². The molecule has 1 heterocycles. The summed E-state index contributed by atoms with van der Waals surface area (Å²) in [6, 6.07) is 1.70. The molecule has 0 aromatic carbocycles. The predicted molar refractivity (Wildman–Crippen MR) is 61.3 cm³/mol. The average Bonchev–Trinajstić information content (AvgIpc) is 2.49. The van der Waals surface area contributed by atoms with E-state index < -0.39 is 12.6 Å². The van der Waals surface area contributed by atoms with Crippen LogP contribution in [0.1, 0.15) is 29.6 Å². The molecule has 0 radical (unpaired) electrons. The van der Waals surface area contributed by atoms with Crippen LogP contribution in [0.2, 0.25) is 0 Å². The lowest BCUT2D eigenvalue weighted by molar-refractivity contribution is -0.135. The van der Waals surface area contributed by atoms with Crippen molar-refractivity contribution in [3.05, 3.63) is 19.9 Å². The van der Waals surface area contributed by atoms with Crippen molar-refractivity contribution < 1.29 is 18.0 Å². The number of halogens is 4. The van der Waals surface area contributed by atoms with Crippen LogP contribution in [0.4, 0.5) is 13.2 Å². The van der Waals surface area contributed by atoms with Gasteiger partial charge in [-0.3, -0.25) is 4.79 Å². The fourth-order valence-electron chi connectivity index (χ4n) is 1.05. The van der Waals surface area contributed by atoms with Crippen LogP contribution in [0.15, 0.2) is 11.4 Å². The third kappa shape index (κ3) is 4.96. The lowest BCUT2D eigenvalue weighted by Gasteiger charge is -2.04. The van der Waals surface area contributed by atoms with E-state index in [4.69, 9.17) is 0 Å². The van der Waals surface area contributed by atoms with Crippen molar-refractivity contribution in [2.24, 2.45) is 0 Å². The molecule has 0 aliphatic heterocycles. The minimum atomic E-state index is -4.16. The molecule has 0 spiro atoms. The average molecular weight is 348 g/mol. The molecular formula is C9H8F3IOS. The van der Waals surface area contributed by atoms with Gasteiger partial charge in [-0.25, -0.2) is 0 Å². The zero-order chi connectivity index (χ0) is 11.5. The first kappa shape index (κ1) is 13.0. The van der Waals surface area contributed by atoms with Crippen molar-refractivity contribution in [2.75, 3.05) is 0 Å². The summed E-state index contributed by atoms with van der Waals surface area (Å²) in [5.41, 5.74) is 0.520. The highest BCUT2D eigenvalue weighted by Gasteiger charge is 2.26. The lowest BCUT2D eigenvalue weighted by atomic mass is 10.1. The number of thiophene rings is 1. The minimum absolute atomic E-state index is 0.0354. The number of Topliss-reactive ketones (excluding diaryl/α,β-unsaturated/α-hetero) is 1. The first-order valence-electron chi connectivity index (χ1n) is 4.22. The van der Waals surface area contributed by atoms with Crippen LogP contribution in [0.25, 0.3) is 0 Å². The number of hydrogen-bond acceptors (Lipinski definition) is 2. The van der Waals surface area contributed by atoms with Gasteiger partial charge < -0.3 is 0 Å². The topological polar surface area (TPSA) is 17.1 Å². The Bertz CT molecular complexity index is 345. The molecule has 0 atom stereocenters. The van der Waals surface area contributed by atoms with Crippen LogP contribution in [0.5, 0.6) is 0 Å². The van der Waals surface area contributed by atoms with Gasteiger partial charge in [0.1, 0.15) is 0 Å². The van der Waals surface area contributed by atoms with E-state index in [1.807, 2.05) is 0 Å². The van der Waals surface area contributed by atoms with Crippen molar-refractivity contribution in [3.63, 3.8) is 0 Å². The SMILES string of the molecule is O=C(CCCC(F)(F)F)c1csc(I)c1. The molecule has 15 heavy (non-hydrogen) atoms. The summed E-state index contributed by atoms with van der Waals surface area (Å²) in [4.78, 5) is 11.4. The molecule has 6 heteroatoms. The standard InChI is InChI=1S/C9H8F3IOS/c10-9(11,12)3-1-2-7(14)6-4-8(13)15-5-6/h4-5H,1-3H2. The molecule has 0 saturated carbocycles. The maximum Gasteiger partial charge on any atom is 0.389 e. The molecule has 0 aliphatic rings. The van der Waals surface area contributed by atoms with Crippen molar-refractivity contribution >= 4 is 39.7 Å². The van der Waals surface area contributed by atoms with Crippen LogP contribution in [0, 0.1) is 2.88 Å². The van der Waals surface area contributed by atoms with E-state index in [1.54, 1.807) is 11.4 Å². The molecule has 0 amide bonds. The number of rotatable bonds is 4. The number of hydrogen-bond donors (Lipinski definition) is 0. The molecule has 1 nitrogen and oxygen atoms in total. The van der Waals surface area contributed by atoms with E-state index in [-0.39, 0.29) is 18.6 Å². The van der Waals surface area contributed by atoms with Gasteiger partial charge in [0, 0.05) is 23.8 Å². The normalized spacial score (nSPS) is 11.7. The zero-order valence-electron chi connectivity index (χ0n) is 7.60. The Labute approximate surface area is 103 Å². The summed E-state index contributed by atoms with van der Waals surface area (Å²) in [6.45, 7) is 0. The number of alkyl halides is 3. The summed E-state index contributed by atoms with van der Waals surface area (Å²) >= 11 is 3.49. The predicted octanol–water partition coefficient (Wildman–Crippen LogP) is 4.27. The second kappa shape index (κ2) is 5.29. The van der Waals surface area contributed by atoms with Gasteiger partial charge in [0.05, 0.1) is 2.88 Å². The molecule has 84 valence electrons. The molecule has 0 saturated heterocycles. The van der Waals surface area contributed by atoms with Crippen LogP contribution in [-0.2, 0) is 0 Å². The van der Waals surface area contributed by atoms with Crippen LogP contribution < -0.4 is 0 Å². The summed E-state index contributed by atoms with van der Waals surface area (Å²) in [5.74, 6) is -0.210. The number of carbonyl (C=O) groups is 1. The Morgan fingerprint density at radius 3 is 2.60 bits per heavy atom. The van der Waals surface area contributed by atoms with Crippen LogP contribution in [-0.4, -0.2) is 12.0 Å². The molecule has 0 bridgehead atoms. The van der Waals surface area contributed by atoms with Gasteiger partial charge in [-0.1, -0.05) is 0 Å². The Morgan fingerprint density at radius 2 is 2.13 bits per heavy atom. The quantitative estimate of drug-likeness (QED) is 0.587. The molecule has 1 rings (SSSR count). The van der Waals surface area contributed by atoms with E-state index in [1.165, 1.54) is 11.3 Å². The highest BCUT2D eigenvalue weighted by Crippen LogP contribution is 2.24. The number of ketones is 1. The molecule has 0 unspecified atom stereocenters. The van der Waals surface area contributed by atoms with Crippen molar-refractivity contribution in [1.82, 2.24) is 0 Å². The van der Waals surface area contributed by atoms with Crippen molar-refractivity contribution in [3.8, 4) is 0 Å². The molecular weight excluding hydrogens is 340 g/mol. The lowest BCUT2D eigenvalue weighted by Crippen LogP contribution is -2.08. The maximum absolute atomic E-state index is 11.8. The highest BCUT2D eigenvalue weighted by molar-refractivity contribution is 14.1. The molecule has 0 N–H and O–H groups in total. The van der Waals surface area contributed by atoms with Gasteiger partial charge in [0.25, 0.3) is 0 Å². The smallest absolute Gasteiger partial charge is 0.294 e. The monoisotopic (exact) mass is 348 g/mol. The first-order chi connectivity index (χ1) is 6.88. The minimum Gasteiger partial charge on any atom is -0.294 e. The van der Waals surface area contributed by atoms with E-state index in [9.17, 15) is 18.0 Å². The molecule has 1 aromatic heterocycles. The summed E-state index contributed by atoms with van der Waals surface area (Å²) in [6.07, 6.45) is -5.22. The Hall–Kier alpha value is -0.110. The van der Waals surface area contributed by atoms with Gasteiger partial charge in [-0.2, -0.15) is 13.2 Å². The highest BCUT2D eigenvalue weighted by atomic mass is 127.